The first-order chi connectivity index (χ1) is 9.08. The molecule has 3 rings (SSSR count). The number of nitrogens with zero attached hydrogens (tertiary/aromatic N) is 2. The van der Waals surface area contributed by atoms with E-state index in [4.69, 9.17) is 0 Å². The van der Waals surface area contributed by atoms with Crippen molar-refractivity contribution in [2.24, 2.45) is 18.9 Å². The SMILES string of the molecule is Cn1nccc1S(=O)(=O)N[C@@H]1C[C@H]1C1CCCCC1. The van der Waals surface area contributed by atoms with Crippen molar-refractivity contribution in [1.29, 1.82) is 0 Å². The predicted molar refractivity (Wildman–Crippen MR) is 72.0 cm³/mol. The van der Waals surface area contributed by atoms with Crippen molar-refractivity contribution in [2.75, 3.05) is 0 Å². The van der Waals surface area contributed by atoms with Gasteiger partial charge in [-0.05, 0) is 24.3 Å². The van der Waals surface area contributed by atoms with E-state index >= 15 is 0 Å². The lowest BCUT2D eigenvalue weighted by atomic mass is 9.86. The van der Waals surface area contributed by atoms with Gasteiger partial charge in [-0.2, -0.15) is 5.10 Å². The van der Waals surface area contributed by atoms with Crippen molar-refractivity contribution in [3.05, 3.63) is 12.3 Å². The third-order valence-electron chi connectivity index (χ3n) is 4.45. The van der Waals surface area contributed by atoms with E-state index in [9.17, 15) is 8.42 Å². The van der Waals surface area contributed by atoms with E-state index in [1.54, 1.807) is 13.1 Å². The van der Waals surface area contributed by atoms with Crippen LogP contribution in [0.25, 0.3) is 0 Å². The van der Waals surface area contributed by atoms with Gasteiger partial charge in [0.05, 0.1) is 6.20 Å². The predicted octanol–water partition coefficient (Wildman–Crippen LogP) is 1.67. The number of rotatable bonds is 4. The molecule has 19 heavy (non-hydrogen) atoms. The molecule has 6 heteroatoms. The van der Waals surface area contributed by atoms with Crippen LogP contribution in [0.15, 0.2) is 17.3 Å². The zero-order chi connectivity index (χ0) is 13.5. The summed E-state index contributed by atoms with van der Waals surface area (Å²) in [6.07, 6.45) is 9.02. The third kappa shape index (κ3) is 2.69. The summed E-state index contributed by atoms with van der Waals surface area (Å²) in [6.45, 7) is 0. The molecule has 5 nitrogen and oxygen atoms in total. The standard InChI is InChI=1S/C13H21N3O2S/c1-16-13(7-8-14-16)19(17,18)15-12-9-11(12)10-5-3-2-4-6-10/h7-8,10-12,15H,2-6,9H2,1H3/t11-,12+/m0/s1. The highest BCUT2D eigenvalue weighted by Crippen LogP contribution is 2.44. The summed E-state index contributed by atoms with van der Waals surface area (Å²) in [6, 6.07) is 1.68. The van der Waals surface area contributed by atoms with Gasteiger partial charge in [0.1, 0.15) is 0 Å². The fourth-order valence-corrected chi connectivity index (χ4v) is 4.74. The van der Waals surface area contributed by atoms with Crippen molar-refractivity contribution in [3.8, 4) is 0 Å². The normalized spacial score (nSPS) is 28.5. The largest absolute Gasteiger partial charge is 0.257 e. The van der Waals surface area contributed by atoms with E-state index in [-0.39, 0.29) is 11.1 Å². The van der Waals surface area contributed by atoms with E-state index in [0.29, 0.717) is 5.92 Å². The lowest BCUT2D eigenvalue weighted by molar-refractivity contribution is 0.316. The van der Waals surface area contributed by atoms with Gasteiger partial charge in [-0.1, -0.05) is 32.1 Å². The van der Waals surface area contributed by atoms with Crippen LogP contribution in [0.2, 0.25) is 0 Å². The van der Waals surface area contributed by atoms with Crippen LogP contribution in [0.1, 0.15) is 38.5 Å². The van der Waals surface area contributed by atoms with Crippen LogP contribution in [-0.2, 0) is 17.1 Å². The molecule has 0 spiro atoms. The molecule has 0 amide bonds. The molecule has 0 bridgehead atoms. The van der Waals surface area contributed by atoms with Crippen molar-refractivity contribution >= 4 is 10.0 Å². The van der Waals surface area contributed by atoms with Gasteiger partial charge in [-0.25, -0.2) is 13.1 Å². The van der Waals surface area contributed by atoms with Crippen molar-refractivity contribution in [2.45, 2.75) is 49.6 Å². The van der Waals surface area contributed by atoms with E-state index in [1.165, 1.54) is 43.0 Å². The average Bonchev–Trinajstić information content (AvgIpc) is 2.99. The Hall–Kier alpha value is -0.880. The molecule has 0 saturated heterocycles. The smallest absolute Gasteiger partial charge is 0.256 e. The molecule has 106 valence electrons. The molecule has 1 heterocycles. The summed E-state index contributed by atoms with van der Waals surface area (Å²) in [5.41, 5.74) is 0. The minimum atomic E-state index is -3.41. The molecule has 0 unspecified atom stereocenters. The molecular formula is C13H21N3O2S. The van der Waals surface area contributed by atoms with Gasteiger partial charge >= 0.3 is 0 Å². The maximum Gasteiger partial charge on any atom is 0.257 e. The Morgan fingerprint density at radius 1 is 1.32 bits per heavy atom. The van der Waals surface area contributed by atoms with Crippen molar-refractivity contribution < 1.29 is 8.42 Å². The van der Waals surface area contributed by atoms with E-state index in [1.807, 2.05) is 0 Å². The van der Waals surface area contributed by atoms with Crippen LogP contribution < -0.4 is 4.72 Å². The average molecular weight is 283 g/mol. The molecule has 0 aromatic carbocycles. The second-order valence-corrected chi connectivity index (χ2v) is 7.48. The Kier molecular flexibility index (Phi) is 3.39. The first-order valence-electron chi connectivity index (χ1n) is 7.08. The molecule has 1 aromatic rings. The molecule has 1 N–H and O–H groups in total. The number of aromatic nitrogens is 2. The maximum absolute atomic E-state index is 12.2. The Bertz CT molecular complexity index is 546. The summed E-state index contributed by atoms with van der Waals surface area (Å²) in [7, 11) is -1.75. The van der Waals surface area contributed by atoms with Gasteiger partial charge in [-0.15, -0.1) is 0 Å². The number of nitrogens with one attached hydrogen (secondary N) is 1. The number of hydrogen-bond acceptors (Lipinski definition) is 3. The fourth-order valence-electron chi connectivity index (χ4n) is 3.32. The van der Waals surface area contributed by atoms with Crippen LogP contribution in [-0.4, -0.2) is 24.2 Å². The summed E-state index contributed by atoms with van der Waals surface area (Å²) >= 11 is 0. The highest BCUT2D eigenvalue weighted by Gasteiger charge is 2.45. The van der Waals surface area contributed by atoms with Gasteiger partial charge < -0.3 is 0 Å². The summed E-state index contributed by atoms with van der Waals surface area (Å²) < 4.78 is 28.7. The zero-order valence-electron chi connectivity index (χ0n) is 11.2. The quantitative estimate of drug-likeness (QED) is 0.914. The van der Waals surface area contributed by atoms with Gasteiger partial charge in [0, 0.05) is 13.1 Å². The fraction of sp³-hybridized carbons (Fsp3) is 0.769. The van der Waals surface area contributed by atoms with Crippen molar-refractivity contribution in [1.82, 2.24) is 14.5 Å². The Morgan fingerprint density at radius 2 is 2.05 bits per heavy atom. The molecule has 0 aliphatic heterocycles. The monoisotopic (exact) mass is 283 g/mol. The zero-order valence-corrected chi connectivity index (χ0v) is 12.1. The number of sulfonamides is 1. The molecule has 2 saturated carbocycles. The van der Waals surface area contributed by atoms with Crippen LogP contribution in [0, 0.1) is 11.8 Å². The topological polar surface area (TPSA) is 64.0 Å². The van der Waals surface area contributed by atoms with E-state index in [0.717, 1.165) is 12.3 Å². The molecule has 0 radical (unpaired) electrons. The second-order valence-electron chi connectivity index (χ2n) is 5.82. The molecular weight excluding hydrogens is 262 g/mol. The second kappa shape index (κ2) is 4.90. The minimum Gasteiger partial charge on any atom is -0.256 e. The Morgan fingerprint density at radius 3 is 2.68 bits per heavy atom. The van der Waals surface area contributed by atoms with Crippen LogP contribution >= 0.6 is 0 Å². The number of hydrogen-bond donors (Lipinski definition) is 1. The Labute approximate surface area is 114 Å². The van der Waals surface area contributed by atoms with Crippen molar-refractivity contribution in [3.63, 3.8) is 0 Å². The van der Waals surface area contributed by atoms with Gasteiger partial charge in [0.15, 0.2) is 5.03 Å². The first-order valence-corrected chi connectivity index (χ1v) is 8.56. The maximum atomic E-state index is 12.2. The molecule has 2 aliphatic rings. The Balaban J connectivity index is 1.62. The van der Waals surface area contributed by atoms with Gasteiger partial charge in [0.25, 0.3) is 10.0 Å². The molecule has 2 fully saturated rings. The van der Waals surface area contributed by atoms with E-state index in [2.05, 4.69) is 9.82 Å². The molecule has 2 atom stereocenters. The van der Waals surface area contributed by atoms with E-state index < -0.39 is 10.0 Å². The number of aryl methyl sites for hydroxylation is 1. The summed E-state index contributed by atoms with van der Waals surface area (Å²) in [4.78, 5) is 0. The highest BCUT2D eigenvalue weighted by molar-refractivity contribution is 7.89. The summed E-state index contributed by atoms with van der Waals surface area (Å²) in [5.74, 6) is 1.29. The van der Waals surface area contributed by atoms with Gasteiger partial charge in [0.2, 0.25) is 0 Å². The lowest BCUT2D eigenvalue weighted by Crippen LogP contribution is -2.30. The lowest BCUT2D eigenvalue weighted by Gasteiger charge is -2.21. The van der Waals surface area contributed by atoms with Crippen LogP contribution in [0.3, 0.4) is 0 Å². The third-order valence-corrected chi connectivity index (χ3v) is 6.02. The first kappa shape index (κ1) is 13.1. The van der Waals surface area contributed by atoms with Crippen LogP contribution in [0.5, 0.6) is 0 Å². The molecule has 2 aliphatic carbocycles. The minimum absolute atomic E-state index is 0.142. The highest BCUT2D eigenvalue weighted by atomic mass is 32.2. The van der Waals surface area contributed by atoms with Crippen LogP contribution in [0.4, 0.5) is 0 Å². The summed E-state index contributed by atoms with van der Waals surface area (Å²) in [5, 5.41) is 4.17. The molecule has 1 aromatic heterocycles. The van der Waals surface area contributed by atoms with Gasteiger partial charge in [-0.3, -0.25) is 4.68 Å².